The maximum Gasteiger partial charge on any atom is 0.472 e. The Bertz CT molecular complexity index is 465. The molecule has 0 aliphatic rings. The van der Waals surface area contributed by atoms with Crippen molar-refractivity contribution in [2.24, 2.45) is 0 Å². The number of allylic oxidation sites excluding steroid dienone is 1. The van der Waals surface area contributed by atoms with E-state index >= 15 is 0 Å². The highest BCUT2D eigenvalue weighted by molar-refractivity contribution is 7.46. The lowest BCUT2D eigenvalue weighted by molar-refractivity contribution is 0.0208. The average Bonchev–Trinajstić information content (AvgIpc) is 2.29. The van der Waals surface area contributed by atoms with Gasteiger partial charge in [-0.1, -0.05) is 30.9 Å². The van der Waals surface area contributed by atoms with E-state index in [9.17, 15) is 4.57 Å². The standard InChI is InChI=1S/C12H15O5P/c1-3-7-10-8-5-6-9-11(10)16-12(4-2)17-18(13,14)15/h3-6,8-9,12H,1-2,7H2,(H2,13,14,15). The molecule has 6 heteroatoms. The number of ether oxygens (including phenoxy) is 1. The maximum atomic E-state index is 10.7. The van der Waals surface area contributed by atoms with Crippen molar-refractivity contribution in [1.29, 1.82) is 0 Å². The van der Waals surface area contributed by atoms with Crippen LogP contribution in [0.15, 0.2) is 49.6 Å². The van der Waals surface area contributed by atoms with Crippen molar-refractivity contribution >= 4 is 7.82 Å². The summed E-state index contributed by atoms with van der Waals surface area (Å²) >= 11 is 0. The van der Waals surface area contributed by atoms with Gasteiger partial charge in [0.15, 0.2) is 0 Å². The summed E-state index contributed by atoms with van der Waals surface area (Å²) in [6.07, 6.45) is 2.24. The van der Waals surface area contributed by atoms with Gasteiger partial charge in [0, 0.05) is 0 Å². The molecule has 0 spiro atoms. The first kappa shape index (κ1) is 14.7. The predicted octanol–water partition coefficient (Wildman–Crippen LogP) is 2.42. The molecule has 0 radical (unpaired) electrons. The van der Waals surface area contributed by atoms with E-state index in [0.29, 0.717) is 12.2 Å². The van der Waals surface area contributed by atoms with Gasteiger partial charge in [0.05, 0.1) is 0 Å². The minimum absolute atomic E-state index is 0.468. The molecule has 0 amide bonds. The Balaban J connectivity index is 2.84. The molecule has 98 valence electrons. The monoisotopic (exact) mass is 270 g/mol. The molecule has 0 heterocycles. The second kappa shape index (κ2) is 6.52. The summed E-state index contributed by atoms with van der Waals surface area (Å²) in [4.78, 5) is 17.4. The van der Waals surface area contributed by atoms with Crippen molar-refractivity contribution in [3.8, 4) is 5.75 Å². The SMILES string of the molecule is C=CCc1ccccc1OC(C=C)OP(=O)(O)O. The normalized spacial score (nSPS) is 12.8. The summed E-state index contributed by atoms with van der Waals surface area (Å²) in [6, 6.07) is 7.09. The van der Waals surface area contributed by atoms with Crippen molar-refractivity contribution in [1.82, 2.24) is 0 Å². The molecule has 1 rings (SSSR count). The number of phosphoric acid groups is 1. The van der Waals surface area contributed by atoms with Crippen LogP contribution < -0.4 is 4.74 Å². The van der Waals surface area contributed by atoms with E-state index in [1.807, 2.05) is 12.1 Å². The molecule has 5 nitrogen and oxygen atoms in total. The quantitative estimate of drug-likeness (QED) is 0.452. The number of hydrogen-bond donors (Lipinski definition) is 2. The lowest BCUT2D eigenvalue weighted by Crippen LogP contribution is -2.17. The van der Waals surface area contributed by atoms with Gasteiger partial charge in [-0.25, -0.2) is 9.09 Å². The predicted molar refractivity (Wildman–Crippen MR) is 68.1 cm³/mol. The Morgan fingerprint density at radius 2 is 2.00 bits per heavy atom. The molecule has 1 aromatic carbocycles. The fraction of sp³-hybridized carbons (Fsp3) is 0.167. The Morgan fingerprint density at radius 3 is 2.56 bits per heavy atom. The van der Waals surface area contributed by atoms with Crippen LogP contribution >= 0.6 is 7.82 Å². The van der Waals surface area contributed by atoms with Gasteiger partial charge in [-0.05, 0) is 24.1 Å². The number of hydrogen-bond acceptors (Lipinski definition) is 3. The number of phosphoric ester groups is 1. The first-order chi connectivity index (χ1) is 8.46. The molecule has 0 bridgehead atoms. The van der Waals surface area contributed by atoms with Gasteiger partial charge in [0.25, 0.3) is 0 Å². The zero-order valence-corrected chi connectivity index (χ0v) is 10.6. The zero-order chi connectivity index (χ0) is 13.6. The van der Waals surface area contributed by atoms with Crippen LogP contribution in [0.2, 0.25) is 0 Å². The van der Waals surface area contributed by atoms with Crippen molar-refractivity contribution in [3.05, 3.63) is 55.1 Å². The number of rotatable bonds is 7. The van der Waals surface area contributed by atoms with Gasteiger partial charge < -0.3 is 14.5 Å². The minimum Gasteiger partial charge on any atom is -0.460 e. The summed E-state index contributed by atoms with van der Waals surface area (Å²) in [5.74, 6) is 0.468. The molecule has 1 aromatic rings. The third kappa shape index (κ3) is 4.85. The second-order valence-electron chi connectivity index (χ2n) is 3.42. The lowest BCUT2D eigenvalue weighted by Gasteiger charge is -2.18. The number of para-hydroxylation sites is 1. The largest absolute Gasteiger partial charge is 0.472 e. The molecule has 1 unspecified atom stereocenters. The molecule has 18 heavy (non-hydrogen) atoms. The molecular formula is C12H15O5P. The first-order valence-corrected chi connectivity index (χ1v) is 6.71. The third-order valence-corrected chi connectivity index (χ3v) is 2.50. The maximum absolute atomic E-state index is 10.7. The van der Waals surface area contributed by atoms with Crippen LogP contribution in [-0.2, 0) is 15.5 Å². The lowest BCUT2D eigenvalue weighted by atomic mass is 10.1. The summed E-state index contributed by atoms with van der Waals surface area (Å²) in [5, 5.41) is 0. The van der Waals surface area contributed by atoms with Crippen LogP contribution in [-0.4, -0.2) is 16.1 Å². The van der Waals surface area contributed by atoms with E-state index in [1.54, 1.807) is 18.2 Å². The van der Waals surface area contributed by atoms with E-state index in [1.165, 1.54) is 6.08 Å². The van der Waals surface area contributed by atoms with Gasteiger partial charge in [-0.2, -0.15) is 0 Å². The van der Waals surface area contributed by atoms with Crippen molar-refractivity contribution in [3.63, 3.8) is 0 Å². The molecule has 0 aliphatic carbocycles. The zero-order valence-electron chi connectivity index (χ0n) is 9.73. The van der Waals surface area contributed by atoms with Gasteiger partial charge in [-0.15, -0.1) is 6.58 Å². The molecular weight excluding hydrogens is 255 g/mol. The molecule has 0 fully saturated rings. The summed E-state index contributed by atoms with van der Waals surface area (Å²) in [6.45, 7) is 7.03. The second-order valence-corrected chi connectivity index (χ2v) is 4.61. The topological polar surface area (TPSA) is 76.0 Å². The smallest absolute Gasteiger partial charge is 0.460 e. The van der Waals surface area contributed by atoms with Crippen LogP contribution in [0.1, 0.15) is 5.56 Å². The molecule has 1 atom stereocenters. The Hall–Kier alpha value is -1.39. The Labute approximate surface area is 106 Å². The summed E-state index contributed by atoms with van der Waals surface area (Å²) in [5.41, 5.74) is 0.841. The fourth-order valence-corrected chi connectivity index (χ4v) is 1.72. The van der Waals surface area contributed by atoms with E-state index in [2.05, 4.69) is 17.7 Å². The average molecular weight is 270 g/mol. The van der Waals surface area contributed by atoms with Gasteiger partial charge in [0.2, 0.25) is 6.29 Å². The first-order valence-electron chi connectivity index (χ1n) is 5.18. The molecule has 0 aliphatic heterocycles. The van der Waals surface area contributed by atoms with Crippen molar-refractivity contribution < 1.29 is 23.6 Å². The Kier molecular flexibility index (Phi) is 5.31. The summed E-state index contributed by atoms with van der Waals surface area (Å²) < 4.78 is 20.5. The van der Waals surface area contributed by atoms with Gasteiger partial charge >= 0.3 is 7.82 Å². The fourth-order valence-electron chi connectivity index (χ4n) is 1.32. The van der Waals surface area contributed by atoms with E-state index in [-0.39, 0.29) is 0 Å². The van der Waals surface area contributed by atoms with Gasteiger partial charge in [-0.3, -0.25) is 0 Å². The van der Waals surface area contributed by atoms with E-state index < -0.39 is 14.1 Å². The molecule has 0 saturated heterocycles. The van der Waals surface area contributed by atoms with Crippen molar-refractivity contribution in [2.75, 3.05) is 0 Å². The highest BCUT2D eigenvalue weighted by Gasteiger charge is 2.21. The van der Waals surface area contributed by atoms with Crippen LogP contribution in [0.25, 0.3) is 0 Å². The minimum atomic E-state index is -4.62. The van der Waals surface area contributed by atoms with Crippen LogP contribution in [0, 0.1) is 0 Å². The molecule has 2 N–H and O–H groups in total. The van der Waals surface area contributed by atoms with E-state index in [4.69, 9.17) is 14.5 Å². The summed E-state index contributed by atoms with van der Waals surface area (Å²) in [7, 11) is -4.62. The van der Waals surface area contributed by atoms with Gasteiger partial charge in [0.1, 0.15) is 5.75 Å². The van der Waals surface area contributed by atoms with E-state index in [0.717, 1.165) is 5.56 Å². The van der Waals surface area contributed by atoms with Crippen molar-refractivity contribution in [2.45, 2.75) is 12.7 Å². The molecule has 0 saturated carbocycles. The Morgan fingerprint density at radius 1 is 1.33 bits per heavy atom. The third-order valence-electron chi connectivity index (χ3n) is 2.01. The number of benzene rings is 1. The van der Waals surface area contributed by atoms with Crippen LogP contribution in [0.5, 0.6) is 5.75 Å². The highest BCUT2D eigenvalue weighted by Crippen LogP contribution is 2.38. The molecule has 0 aromatic heterocycles. The van der Waals surface area contributed by atoms with Crippen LogP contribution in [0.3, 0.4) is 0 Å². The van der Waals surface area contributed by atoms with Crippen LogP contribution in [0.4, 0.5) is 0 Å². The highest BCUT2D eigenvalue weighted by atomic mass is 31.2.